The first-order valence-corrected chi connectivity index (χ1v) is 7.57. The van der Waals surface area contributed by atoms with Crippen LogP contribution in [0.1, 0.15) is 34.3 Å². The van der Waals surface area contributed by atoms with Gasteiger partial charge in [-0.05, 0) is 31.0 Å². The van der Waals surface area contributed by atoms with Gasteiger partial charge in [0, 0.05) is 6.54 Å². The number of ether oxygens (including phenoxy) is 2. The third-order valence-corrected chi connectivity index (χ3v) is 3.46. The molecule has 2 aromatic rings. The molecule has 0 radical (unpaired) electrons. The van der Waals surface area contributed by atoms with Crippen LogP contribution in [0.5, 0.6) is 5.75 Å². The van der Waals surface area contributed by atoms with Gasteiger partial charge in [0.2, 0.25) is 0 Å². The number of aryl methyl sites for hydroxylation is 2. The zero-order valence-corrected chi connectivity index (χ0v) is 13.9. The molecule has 0 aliphatic carbocycles. The van der Waals surface area contributed by atoms with E-state index in [1.165, 1.54) is 0 Å². The molecule has 0 unspecified atom stereocenters. The molecule has 1 amide bonds. The Labute approximate surface area is 139 Å². The molecule has 1 aromatic carbocycles. The number of methoxy groups -OCH3 is 1. The molecule has 1 heterocycles. The third kappa shape index (κ3) is 4.34. The van der Waals surface area contributed by atoms with Crippen LogP contribution < -0.4 is 10.1 Å². The summed E-state index contributed by atoms with van der Waals surface area (Å²) in [6.45, 7) is 3.47. The molecule has 0 spiro atoms. The van der Waals surface area contributed by atoms with Gasteiger partial charge in [0.05, 0.1) is 12.8 Å². The highest BCUT2D eigenvalue weighted by Gasteiger charge is 2.21. The van der Waals surface area contributed by atoms with Crippen LogP contribution >= 0.6 is 0 Å². The third-order valence-electron chi connectivity index (χ3n) is 3.46. The van der Waals surface area contributed by atoms with Crippen molar-refractivity contribution in [2.24, 2.45) is 0 Å². The average Bonchev–Trinajstić information content (AvgIpc) is 2.99. The summed E-state index contributed by atoms with van der Waals surface area (Å²) in [5, 5.41) is 6.47. The van der Waals surface area contributed by atoms with Gasteiger partial charge in [0.1, 0.15) is 17.1 Å². The standard InChI is InChI=1S/C17H20N2O5/c1-4-14-16(11(2)24-19-14)17(21)23-10-15(20)18-9-12-5-7-13(22-3)8-6-12/h5-8H,4,9-10H2,1-3H3,(H,18,20). The van der Waals surface area contributed by atoms with E-state index in [-0.39, 0.29) is 12.5 Å². The maximum Gasteiger partial charge on any atom is 0.344 e. The summed E-state index contributed by atoms with van der Waals surface area (Å²) in [5.41, 5.74) is 1.73. The quantitative estimate of drug-likeness (QED) is 0.780. The van der Waals surface area contributed by atoms with Crippen LogP contribution in [0.3, 0.4) is 0 Å². The van der Waals surface area contributed by atoms with Crippen molar-refractivity contribution in [2.45, 2.75) is 26.8 Å². The van der Waals surface area contributed by atoms with Crippen molar-refractivity contribution in [3.63, 3.8) is 0 Å². The molecule has 0 fully saturated rings. The Kier molecular flexibility index (Phi) is 5.95. The van der Waals surface area contributed by atoms with E-state index in [1.807, 2.05) is 31.2 Å². The molecule has 7 nitrogen and oxygen atoms in total. The fourth-order valence-electron chi connectivity index (χ4n) is 2.12. The van der Waals surface area contributed by atoms with Crippen molar-refractivity contribution < 1.29 is 23.6 Å². The number of amides is 1. The monoisotopic (exact) mass is 332 g/mol. The van der Waals surface area contributed by atoms with Gasteiger partial charge < -0.3 is 19.3 Å². The molecule has 7 heteroatoms. The van der Waals surface area contributed by atoms with Crippen LogP contribution in [0.4, 0.5) is 0 Å². The fraction of sp³-hybridized carbons (Fsp3) is 0.353. The Morgan fingerprint density at radius 1 is 1.25 bits per heavy atom. The molecule has 2 rings (SSSR count). The van der Waals surface area contributed by atoms with Crippen molar-refractivity contribution >= 4 is 11.9 Å². The second-order valence-corrected chi connectivity index (χ2v) is 5.11. The second kappa shape index (κ2) is 8.14. The molecule has 0 aliphatic rings. The first-order valence-electron chi connectivity index (χ1n) is 7.57. The number of aromatic nitrogens is 1. The summed E-state index contributed by atoms with van der Waals surface area (Å²) in [4.78, 5) is 23.8. The Balaban J connectivity index is 1.82. The number of carbonyl (C=O) groups is 2. The minimum Gasteiger partial charge on any atom is -0.497 e. The van der Waals surface area contributed by atoms with Gasteiger partial charge in [0.15, 0.2) is 6.61 Å². The lowest BCUT2D eigenvalue weighted by Crippen LogP contribution is -2.28. The first kappa shape index (κ1) is 17.5. The van der Waals surface area contributed by atoms with Crippen LogP contribution in [0.15, 0.2) is 28.8 Å². The SMILES string of the molecule is CCc1noc(C)c1C(=O)OCC(=O)NCc1ccc(OC)cc1. The minimum atomic E-state index is -0.606. The molecule has 24 heavy (non-hydrogen) atoms. The predicted octanol–water partition coefficient (Wildman–Crippen LogP) is 2.03. The van der Waals surface area contributed by atoms with E-state index in [2.05, 4.69) is 10.5 Å². The van der Waals surface area contributed by atoms with Crippen LogP contribution in [0.2, 0.25) is 0 Å². The normalized spacial score (nSPS) is 10.3. The second-order valence-electron chi connectivity index (χ2n) is 5.11. The first-order chi connectivity index (χ1) is 11.5. The Morgan fingerprint density at radius 3 is 2.58 bits per heavy atom. The number of hydrogen-bond donors (Lipinski definition) is 1. The zero-order valence-electron chi connectivity index (χ0n) is 13.9. The molecular formula is C17H20N2O5. The molecule has 0 bridgehead atoms. The fourth-order valence-corrected chi connectivity index (χ4v) is 2.12. The maximum absolute atomic E-state index is 12.0. The minimum absolute atomic E-state index is 0.292. The topological polar surface area (TPSA) is 90.7 Å². The number of benzene rings is 1. The number of nitrogens with one attached hydrogen (secondary N) is 1. The molecule has 0 aliphatic heterocycles. The largest absolute Gasteiger partial charge is 0.497 e. The van der Waals surface area contributed by atoms with E-state index in [0.717, 1.165) is 11.3 Å². The predicted molar refractivity (Wildman–Crippen MR) is 85.7 cm³/mol. The van der Waals surface area contributed by atoms with Gasteiger partial charge >= 0.3 is 5.97 Å². The number of nitrogens with zero attached hydrogens (tertiary/aromatic N) is 1. The average molecular weight is 332 g/mol. The van der Waals surface area contributed by atoms with Crippen molar-refractivity contribution in [1.82, 2.24) is 10.5 Å². The van der Waals surface area contributed by atoms with E-state index in [1.54, 1.807) is 14.0 Å². The molecule has 0 atom stereocenters. The molecule has 1 aromatic heterocycles. The highest BCUT2D eigenvalue weighted by molar-refractivity contribution is 5.93. The number of esters is 1. The lowest BCUT2D eigenvalue weighted by molar-refractivity contribution is -0.124. The highest BCUT2D eigenvalue weighted by atomic mass is 16.5. The van der Waals surface area contributed by atoms with Gasteiger partial charge in [0.25, 0.3) is 5.91 Å². The van der Waals surface area contributed by atoms with Crippen molar-refractivity contribution in [2.75, 3.05) is 13.7 Å². The molecule has 128 valence electrons. The van der Waals surface area contributed by atoms with Crippen molar-refractivity contribution in [3.8, 4) is 5.75 Å². The van der Waals surface area contributed by atoms with E-state index in [0.29, 0.717) is 30.0 Å². The van der Waals surface area contributed by atoms with E-state index < -0.39 is 5.97 Å². The maximum atomic E-state index is 12.0. The van der Waals surface area contributed by atoms with Crippen LogP contribution in [0.25, 0.3) is 0 Å². The smallest absolute Gasteiger partial charge is 0.344 e. The lowest BCUT2D eigenvalue weighted by atomic mass is 10.1. The molecular weight excluding hydrogens is 312 g/mol. The van der Waals surface area contributed by atoms with Crippen LogP contribution in [-0.4, -0.2) is 30.7 Å². The summed E-state index contributed by atoms with van der Waals surface area (Å²) < 4.78 is 15.1. The lowest BCUT2D eigenvalue weighted by Gasteiger charge is -2.07. The van der Waals surface area contributed by atoms with Gasteiger partial charge in [-0.15, -0.1) is 0 Å². The number of rotatable bonds is 7. The van der Waals surface area contributed by atoms with Crippen LogP contribution in [-0.2, 0) is 22.5 Å². The van der Waals surface area contributed by atoms with Crippen molar-refractivity contribution in [1.29, 1.82) is 0 Å². The molecule has 0 saturated heterocycles. The van der Waals surface area contributed by atoms with Gasteiger partial charge in [-0.2, -0.15) is 0 Å². The number of carbonyl (C=O) groups excluding carboxylic acids is 2. The van der Waals surface area contributed by atoms with E-state index in [4.69, 9.17) is 14.0 Å². The van der Waals surface area contributed by atoms with E-state index >= 15 is 0 Å². The summed E-state index contributed by atoms with van der Waals surface area (Å²) in [6, 6.07) is 7.31. The summed E-state index contributed by atoms with van der Waals surface area (Å²) in [5.74, 6) is 0.141. The Bertz CT molecular complexity index is 706. The molecule has 0 saturated carbocycles. The van der Waals surface area contributed by atoms with Gasteiger partial charge in [-0.25, -0.2) is 4.79 Å². The summed E-state index contributed by atoms with van der Waals surface area (Å²) >= 11 is 0. The van der Waals surface area contributed by atoms with Crippen LogP contribution in [0, 0.1) is 6.92 Å². The van der Waals surface area contributed by atoms with Crippen molar-refractivity contribution in [3.05, 3.63) is 46.8 Å². The Hall–Kier alpha value is -2.83. The molecule has 1 N–H and O–H groups in total. The zero-order chi connectivity index (χ0) is 17.5. The van der Waals surface area contributed by atoms with E-state index in [9.17, 15) is 9.59 Å². The summed E-state index contributed by atoms with van der Waals surface area (Å²) in [6.07, 6.45) is 0.547. The number of hydrogen-bond acceptors (Lipinski definition) is 6. The highest BCUT2D eigenvalue weighted by Crippen LogP contribution is 2.15. The Morgan fingerprint density at radius 2 is 1.96 bits per heavy atom. The van der Waals surface area contributed by atoms with Gasteiger partial charge in [-0.1, -0.05) is 24.2 Å². The summed E-state index contributed by atoms with van der Waals surface area (Å²) in [7, 11) is 1.59. The van der Waals surface area contributed by atoms with Gasteiger partial charge in [-0.3, -0.25) is 4.79 Å².